The Labute approximate surface area is 153 Å². The molecule has 0 saturated heterocycles. The quantitative estimate of drug-likeness (QED) is 0.445. The second kappa shape index (κ2) is 8.59. The summed E-state index contributed by atoms with van der Waals surface area (Å²) in [4.78, 5) is 0. The molecule has 2 unspecified atom stereocenters. The van der Waals surface area contributed by atoms with E-state index >= 15 is 0 Å². The van der Waals surface area contributed by atoms with Crippen molar-refractivity contribution in [2.45, 2.75) is 89.1 Å². The van der Waals surface area contributed by atoms with Crippen LogP contribution in [0.5, 0.6) is 0 Å². The van der Waals surface area contributed by atoms with Crippen LogP contribution in [0.1, 0.15) is 83.1 Å². The van der Waals surface area contributed by atoms with E-state index in [1.165, 1.54) is 0 Å². The molecule has 0 fully saturated rings. The van der Waals surface area contributed by atoms with E-state index in [9.17, 15) is 0 Å². The average molecular weight is 336 g/mol. The largest absolute Gasteiger partial charge is 0.388 e. The fourth-order valence-electron chi connectivity index (χ4n) is 2.33. The Morgan fingerprint density at radius 3 is 1.67 bits per heavy atom. The van der Waals surface area contributed by atoms with Crippen LogP contribution in [0.4, 0.5) is 0 Å². The zero-order valence-corrected chi connectivity index (χ0v) is 18.6. The molecule has 0 bridgehead atoms. The maximum absolute atomic E-state index is 3.49. The number of nitrogens with one attached hydrogen (secondary N) is 1. The van der Waals surface area contributed by atoms with Crippen LogP contribution >= 0.6 is 0 Å². The molecular formula is C23H45N. The minimum atomic E-state index is 0.142. The van der Waals surface area contributed by atoms with Gasteiger partial charge in [0.2, 0.25) is 0 Å². The van der Waals surface area contributed by atoms with Crippen molar-refractivity contribution in [3.8, 4) is 0 Å². The molecular weight excluding hydrogens is 290 g/mol. The second-order valence-corrected chi connectivity index (χ2v) is 10.1. The van der Waals surface area contributed by atoms with Crippen LogP contribution in [0, 0.1) is 34.0 Å². The molecule has 0 saturated carbocycles. The SMILES string of the molecule is CC(C)C(C)N/C=C\C(C)C(C)(C)/C=C\C(C)(C)C(C)(C)C(C)C. The molecule has 0 aromatic rings. The molecule has 2 atom stereocenters. The van der Waals surface area contributed by atoms with Gasteiger partial charge in [0.05, 0.1) is 0 Å². The standard InChI is InChI=1S/C23H45N/c1-17(2)20(6)24-16-13-19(5)21(7,8)14-15-22(9,10)23(11,12)18(3)4/h13-20,24H,1-12H3/b15-14-,16-13-. The fraction of sp³-hybridized carbons (Fsp3) is 0.826. The number of allylic oxidation sites excluding steroid dienone is 3. The lowest BCUT2D eigenvalue weighted by atomic mass is 9.61. The summed E-state index contributed by atoms with van der Waals surface area (Å²) in [6, 6.07) is 0.512. The van der Waals surface area contributed by atoms with Crippen molar-refractivity contribution < 1.29 is 0 Å². The molecule has 1 N–H and O–H groups in total. The van der Waals surface area contributed by atoms with Gasteiger partial charge in [0.15, 0.2) is 0 Å². The Balaban J connectivity index is 5.03. The van der Waals surface area contributed by atoms with Crippen LogP contribution in [0.2, 0.25) is 0 Å². The average Bonchev–Trinajstić information content (AvgIpc) is 2.44. The lowest BCUT2D eigenvalue weighted by Gasteiger charge is -2.44. The maximum Gasteiger partial charge on any atom is 0.0250 e. The summed E-state index contributed by atoms with van der Waals surface area (Å²) in [5, 5.41) is 3.49. The molecule has 0 radical (unpaired) electrons. The summed E-state index contributed by atoms with van der Waals surface area (Å²) < 4.78 is 0. The van der Waals surface area contributed by atoms with E-state index in [1.54, 1.807) is 0 Å². The van der Waals surface area contributed by atoms with E-state index in [0.717, 1.165) is 0 Å². The summed E-state index contributed by atoms with van der Waals surface area (Å²) in [6.45, 7) is 27.9. The van der Waals surface area contributed by atoms with Crippen molar-refractivity contribution in [2.24, 2.45) is 34.0 Å². The van der Waals surface area contributed by atoms with Gasteiger partial charge in [-0.15, -0.1) is 0 Å². The monoisotopic (exact) mass is 335 g/mol. The van der Waals surface area contributed by atoms with E-state index in [2.05, 4.69) is 113 Å². The van der Waals surface area contributed by atoms with Crippen LogP contribution in [0.15, 0.2) is 24.4 Å². The van der Waals surface area contributed by atoms with E-state index in [-0.39, 0.29) is 16.2 Å². The topological polar surface area (TPSA) is 12.0 Å². The molecule has 1 nitrogen and oxygen atoms in total. The van der Waals surface area contributed by atoms with Gasteiger partial charge < -0.3 is 5.32 Å². The molecule has 0 amide bonds. The Morgan fingerprint density at radius 1 is 0.750 bits per heavy atom. The fourth-order valence-corrected chi connectivity index (χ4v) is 2.33. The van der Waals surface area contributed by atoms with Crippen LogP contribution in [-0.4, -0.2) is 6.04 Å². The first-order chi connectivity index (χ1) is 10.6. The number of hydrogen-bond acceptors (Lipinski definition) is 1. The van der Waals surface area contributed by atoms with Crippen molar-refractivity contribution in [1.29, 1.82) is 0 Å². The third-order valence-electron chi connectivity index (χ3n) is 6.95. The highest BCUT2D eigenvalue weighted by Crippen LogP contribution is 2.46. The first kappa shape index (κ1) is 23.3. The maximum atomic E-state index is 3.49. The molecule has 0 aliphatic heterocycles. The van der Waals surface area contributed by atoms with Gasteiger partial charge >= 0.3 is 0 Å². The lowest BCUT2D eigenvalue weighted by molar-refractivity contribution is 0.0988. The zero-order chi connectivity index (χ0) is 19.3. The number of hydrogen-bond donors (Lipinski definition) is 1. The Morgan fingerprint density at radius 2 is 1.25 bits per heavy atom. The van der Waals surface area contributed by atoms with Gasteiger partial charge in [0.1, 0.15) is 0 Å². The molecule has 0 spiro atoms. The summed E-state index contributed by atoms with van der Waals surface area (Å²) >= 11 is 0. The first-order valence-electron chi connectivity index (χ1n) is 9.78. The molecule has 0 aliphatic carbocycles. The summed E-state index contributed by atoms with van der Waals surface area (Å²) in [7, 11) is 0. The molecule has 142 valence electrons. The van der Waals surface area contributed by atoms with Gasteiger partial charge in [0, 0.05) is 6.04 Å². The van der Waals surface area contributed by atoms with Gasteiger partial charge in [-0.3, -0.25) is 0 Å². The minimum Gasteiger partial charge on any atom is -0.388 e. The summed E-state index contributed by atoms with van der Waals surface area (Å²) in [5.74, 6) is 1.79. The minimum absolute atomic E-state index is 0.142. The molecule has 1 heteroatoms. The van der Waals surface area contributed by atoms with Gasteiger partial charge in [-0.05, 0) is 47.1 Å². The molecule has 0 rings (SSSR count). The molecule has 24 heavy (non-hydrogen) atoms. The van der Waals surface area contributed by atoms with Crippen LogP contribution in [0.3, 0.4) is 0 Å². The van der Waals surface area contributed by atoms with Gasteiger partial charge in [-0.1, -0.05) is 94.4 Å². The predicted octanol–water partition coefficient (Wildman–Crippen LogP) is 7.06. The van der Waals surface area contributed by atoms with E-state index in [1.807, 2.05) is 0 Å². The second-order valence-electron chi connectivity index (χ2n) is 10.1. The predicted molar refractivity (Wildman–Crippen MR) is 111 cm³/mol. The molecule has 0 heterocycles. The third kappa shape index (κ3) is 6.30. The van der Waals surface area contributed by atoms with Crippen LogP contribution in [0.25, 0.3) is 0 Å². The molecule has 0 aliphatic rings. The van der Waals surface area contributed by atoms with Crippen molar-refractivity contribution >= 4 is 0 Å². The van der Waals surface area contributed by atoms with E-state index in [0.29, 0.717) is 23.8 Å². The van der Waals surface area contributed by atoms with Gasteiger partial charge in [-0.2, -0.15) is 0 Å². The highest BCUT2D eigenvalue weighted by Gasteiger charge is 2.37. The van der Waals surface area contributed by atoms with Crippen LogP contribution < -0.4 is 5.32 Å². The Kier molecular flexibility index (Phi) is 8.33. The molecule has 0 aromatic heterocycles. The van der Waals surface area contributed by atoms with Crippen molar-refractivity contribution in [2.75, 3.05) is 0 Å². The Bertz CT molecular complexity index is 421. The highest BCUT2D eigenvalue weighted by molar-refractivity contribution is 5.10. The van der Waals surface area contributed by atoms with Crippen LogP contribution in [-0.2, 0) is 0 Å². The van der Waals surface area contributed by atoms with Crippen molar-refractivity contribution in [3.63, 3.8) is 0 Å². The molecule has 0 aromatic carbocycles. The van der Waals surface area contributed by atoms with Gasteiger partial charge in [0.25, 0.3) is 0 Å². The van der Waals surface area contributed by atoms with Gasteiger partial charge in [-0.25, -0.2) is 0 Å². The number of rotatable bonds is 9. The summed E-state index contributed by atoms with van der Waals surface area (Å²) in [5.41, 5.74) is 0.586. The first-order valence-corrected chi connectivity index (χ1v) is 9.78. The highest BCUT2D eigenvalue weighted by atomic mass is 14.9. The third-order valence-corrected chi connectivity index (χ3v) is 6.95. The van der Waals surface area contributed by atoms with E-state index < -0.39 is 0 Å². The lowest BCUT2D eigenvalue weighted by Crippen LogP contribution is -2.36. The zero-order valence-electron chi connectivity index (χ0n) is 18.6. The summed E-state index contributed by atoms with van der Waals surface area (Å²) in [6.07, 6.45) is 9.33. The Hall–Kier alpha value is -0.720. The normalized spacial score (nSPS) is 17.2. The van der Waals surface area contributed by atoms with Crippen molar-refractivity contribution in [1.82, 2.24) is 5.32 Å². The smallest absolute Gasteiger partial charge is 0.0250 e. The van der Waals surface area contributed by atoms with E-state index in [4.69, 9.17) is 0 Å². The van der Waals surface area contributed by atoms with Crippen molar-refractivity contribution in [3.05, 3.63) is 24.4 Å².